The highest BCUT2D eigenvalue weighted by atomic mass is 32.1. The summed E-state index contributed by atoms with van der Waals surface area (Å²) in [6.45, 7) is 0. The number of aromatic nitrogens is 1. The van der Waals surface area contributed by atoms with Gasteiger partial charge in [0.2, 0.25) is 0 Å². The highest BCUT2D eigenvalue weighted by Crippen LogP contribution is 2.30. The maximum absolute atomic E-state index is 12.2. The molecule has 0 aliphatic rings. The van der Waals surface area contributed by atoms with Crippen LogP contribution in [0.15, 0.2) is 35.8 Å². The second-order valence-electron chi connectivity index (χ2n) is 2.91. The Kier molecular flexibility index (Phi) is 2.48. The molecule has 0 fully saturated rings. The van der Waals surface area contributed by atoms with Crippen molar-refractivity contribution in [2.75, 3.05) is 0 Å². The van der Waals surface area contributed by atoms with Crippen molar-refractivity contribution < 1.29 is 13.2 Å². The molecule has 0 radical (unpaired) electrons. The number of thiophene rings is 1. The molecule has 2 aromatic heterocycles. The quantitative estimate of drug-likeness (QED) is 0.724. The molecule has 1 nitrogen and oxygen atoms in total. The lowest BCUT2D eigenvalue weighted by molar-refractivity contribution is -0.137. The number of halogens is 3. The number of alkyl halides is 3. The van der Waals surface area contributed by atoms with Crippen molar-refractivity contribution >= 4 is 11.3 Å². The molecule has 0 aliphatic heterocycles. The van der Waals surface area contributed by atoms with E-state index in [1.54, 1.807) is 0 Å². The zero-order valence-electron chi connectivity index (χ0n) is 7.45. The fourth-order valence-corrected chi connectivity index (χ4v) is 1.83. The lowest BCUT2D eigenvalue weighted by atomic mass is 10.2. The summed E-state index contributed by atoms with van der Waals surface area (Å²) >= 11 is 1.45. The summed E-state index contributed by atoms with van der Waals surface area (Å²) in [6.07, 6.45) is -3.46. The standard InChI is InChI=1S/C10H6F3NS/c11-10(12,13)7-3-4-8(14-6-7)9-2-1-5-15-9/h1-6H. The van der Waals surface area contributed by atoms with Gasteiger partial charge < -0.3 is 0 Å². The van der Waals surface area contributed by atoms with Crippen molar-refractivity contribution in [3.63, 3.8) is 0 Å². The van der Waals surface area contributed by atoms with Crippen LogP contribution in [0.2, 0.25) is 0 Å². The van der Waals surface area contributed by atoms with Gasteiger partial charge in [-0.05, 0) is 23.6 Å². The molecule has 0 aliphatic carbocycles. The van der Waals surface area contributed by atoms with Crippen molar-refractivity contribution in [3.8, 4) is 10.6 Å². The molecule has 78 valence electrons. The zero-order chi connectivity index (χ0) is 10.9. The van der Waals surface area contributed by atoms with Crippen LogP contribution < -0.4 is 0 Å². The summed E-state index contributed by atoms with van der Waals surface area (Å²) in [5.41, 5.74) is -0.152. The van der Waals surface area contributed by atoms with Gasteiger partial charge in [-0.3, -0.25) is 4.98 Å². The average molecular weight is 229 g/mol. The van der Waals surface area contributed by atoms with Gasteiger partial charge in [0, 0.05) is 6.20 Å². The second kappa shape index (κ2) is 3.66. The highest BCUT2D eigenvalue weighted by molar-refractivity contribution is 7.13. The van der Waals surface area contributed by atoms with Crippen LogP contribution in [0.4, 0.5) is 13.2 Å². The van der Waals surface area contributed by atoms with E-state index >= 15 is 0 Å². The van der Waals surface area contributed by atoms with Crippen molar-refractivity contribution in [1.29, 1.82) is 0 Å². The fraction of sp³-hybridized carbons (Fsp3) is 0.100. The third kappa shape index (κ3) is 2.18. The Labute approximate surface area is 88.2 Å². The molecule has 0 N–H and O–H groups in total. The van der Waals surface area contributed by atoms with Crippen LogP contribution in [-0.2, 0) is 6.18 Å². The van der Waals surface area contributed by atoms with Crippen LogP contribution in [-0.4, -0.2) is 4.98 Å². The third-order valence-electron chi connectivity index (χ3n) is 1.86. The van der Waals surface area contributed by atoms with E-state index in [-0.39, 0.29) is 0 Å². The van der Waals surface area contributed by atoms with Crippen LogP contribution in [0.5, 0.6) is 0 Å². The highest BCUT2D eigenvalue weighted by Gasteiger charge is 2.30. The van der Waals surface area contributed by atoms with Crippen molar-refractivity contribution in [1.82, 2.24) is 4.98 Å². The number of pyridine rings is 1. The molecule has 2 heterocycles. The Balaban J connectivity index is 2.33. The Morgan fingerprint density at radius 1 is 1.13 bits per heavy atom. The van der Waals surface area contributed by atoms with Gasteiger partial charge in [0.25, 0.3) is 0 Å². The van der Waals surface area contributed by atoms with E-state index < -0.39 is 11.7 Å². The summed E-state index contributed by atoms with van der Waals surface area (Å²) in [7, 11) is 0. The monoisotopic (exact) mass is 229 g/mol. The zero-order valence-corrected chi connectivity index (χ0v) is 8.27. The predicted octanol–water partition coefficient (Wildman–Crippen LogP) is 3.83. The van der Waals surface area contributed by atoms with Gasteiger partial charge in [-0.2, -0.15) is 13.2 Å². The van der Waals surface area contributed by atoms with Crippen LogP contribution in [0.25, 0.3) is 10.6 Å². The average Bonchev–Trinajstić information content (AvgIpc) is 2.69. The van der Waals surface area contributed by atoms with Gasteiger partial charge in [0.15, 0.2) is 0 Å². The summed E-state index contributed by atoms with van der Waals surface area (Å²) < 4.78 is 36.7. The van der Waals surface area contributed by atoms with E-state index in [0.717, 1.165) is 17.1 Å². The van der Waals surface area contributed by atoms with E-state index in [1.165, 1.54) is 17.4 Å². The summed E-state index contributed by atoms with van der Waals surface area (Å²) in [6, 6.07) is 6.08. The van der Waals surface area contributed by atoms with E-state index in [9.17, 15) is 13.2 Å². The molecular weight excluding hydrogens is 223 g/mol. The molecule has 0 amide bonds. The summed E-state index contributed by atoms with van der Waals surface area (Å²) in [5.74, 6) is 0. The molecule has 0 atom stereocenters. The molecule has 0 saturated heterocycles. The second-order valence-corrected chi connectivity index (χ2v) is 3.85. The molecule has 2 aromatic rings. The van der Waals surface area contributed by atoms with Gasteiger partial charge in [-0.15, -0.1) is 11.3 Å². The number of rotatable bonds is 1. The SMILES string of the molecule is FC(F)(F)c1ccc(-c2cccs2)nc1. The first-order valence-electron chi connectivity index (χ1n) is 4.14. The topological polar surface area (TPSA) is 12.9 Å². The van der Waals surface area contributed by atoms with Gasteiger partial charge in [-0.1, -0.05) is 6.07 Å². The number of hydrogen-bond acceptors (Lipinski definition) is 2. The first-order valence-corrected chi connectivity index (χ1v) is 5.02. The molecule has 15 heavy (non-hydrogen) atoms. The lowest BCUT2D eigenvalue weighted by Gasteiger charge is -2.05. The van der Waals surface area contributed by atoms with Gasteiger partial charge in [0.05, 0.1) is 16.1 Å². The van der Waals surface area contributed by atoms with E-state index in [2.05, 4.69) is 4.98 Å². The molecule has 0 spiro atoms. The number of nitrogens with zero attached hydrogens (tertiary/aromatic N) is 1. The Bertz CT molecular complexity index is 431. The molecule has 5 heteroatoms. The van der Waals surface area contributed by atoms with Gasteiger partial charge in [0.1, 0.15) is 0 Å². The minimum atomic E-state index is -4.32. The Hall–Kier alpha value is -1.36. The van der Waals surface area contributed by atoms with E-state index in [0.29, 0.717) is 5.69 Å². The normalized spacial score (nSPS) is 11.7. The molecule has 0 unspecified atom stereocenters. The van der Waals surface area contributed by atoms with Crippen LogP contribution in [0.1, 0.15) is 5.56 Å². The maximum Gasteiger partial charge on any atom is 0.417 e. The first kappa shape index (κ1) is 10.2. The van der Waals surface area contributed by atoms with E-state index in [1.807, 2.05) is 17.5 Å². The van der Waals surface area contributed by atoms with E-state index in [4.69, 9.17) is 0 Å². The largest absolute Gasteiger partial charge is 0.417 e. The Morgan fingerprint density at radius 2 is 1.93 bits per heavy atom. The van der Waals surface area contributed by atoms with Crippen molar-refractivity contribution in [3.05, 3.63) is 41.4 Å². The van der Waals surface area contributed by atoms with Crippen LogP contribution in [0.3, 0.4) is 0 Å². The summed E-state index contributed by atoms with van der Waals surface area (Å²) in [4.78, 5) is 4.64. The molecule has 0 aromatic carbocycles. The maximum atomic E-state index is 12.2. The molecular formula is C10H6F3NS. The predicted molar refractivity (Wildman–Crippen MR) is 52.6 cm³/mol. The molecule has 2 rings (SSSR count). The van der Waals surface area contributed by atoms with Crippen LogP contribution >= 0.6 is 11.3 Å². The van der Waals surface area contributed by atoms with Gasteiger partial charge in [-0.25, -0.2) is 0 Å². The number of hydrogen-bond donors (Lipinski definition) is 0. The Morgan fingerprint density at radius 3 is 2.40 bits per heavy atom. The minimum Gasteiger partial charge on any atom is -0.255 e. The summed E-state index contributed by atoms with van der Waals surface area (Å²) in [5, 5.41) is 1.86. The lowest BCUT2D eigenvalue weighted by Crippen LogP contribution is -2.04. The minimum absolute atomic E-state index is 0.568. The first-order chi connectivity index (χ1) is 7.07. The van der Waals surface area contributed by atoms with Crippen LogP contribution in [0, 0.1) is 0 Å². The van der Waals surface area contributed by atoms with Crippen molar-refractivity contribution in [2.45, 2.75) is 6.18 Å². The third-order valence-corrected chi connectivity index (χ3v) is 2.76. The molecule has 0 bridgehead atoms. The molecule has 0 saturated carbocycles. The fourth-order valence-electron chi connectivity index (χ4n) is 1.13. The smallest absolute Gasteiger partial charge is 0.255 e. The van der Waals surface area contributed by atoms with Crippen molar-refractivity contribution in [2.24, 2.45) is 0 Å². The van der Waals surface area contributed by atoms with Gasteiger partial charge >= 0.3 is 6.18 Å².